The van der Waals surface area contributed by atoms with Crippen LogP contribution in [0.3, 0.4) is 0 Å². The van der Waals surface area contributed by atoms with Crippen LogP contribution in [0.5, 0.6) is 0 Å². The zero-order valence-corrected chi connectivity index (χ0v) is 10.0. The summed E-state index contributed by atoms with van der Waals surface area (Å²) in [6, 6.07) is 3.47. The van der Waals surface area contributed by atoms with Crippen LogP contribution in [-0.4, -0.2) is 27.7 Å². The molecule has 2 aromatic heterocycles. The largest absolute Gasteiger partial charge is 0.465 e. The fraction of sp³-hybridized carbons (Fsp3) is 0.417. The van der Waals surface area contributed by atoms with E-state index in [0.717, 1.165) is 30.7 Å². The average Bonchev–Trinajstić information content (AvgIpc) is 2.77. The van der Waals surface area contributed by atoms with Gasteiger partial charge in [-0.15, -0.1) is 10.2 Å². The third kappa shape index (κ3) is 2.27. The van der Waals surface area contributed by atoms with Crippen LogP contribution in [0.2, 0.25) is 0 Å². The number of methoxy groups -OCH3 is 1. The monoisotopic (exact) mass is 233 g/mol. The van der Waals surface area contributed by atoms with Crippen LogP contribution in [0.4, 0.5) is 0 Å². The van der Waals surface area contributed by atoms with Crippen LogP contribution in [0.25, 0.3) is 5.65 Å². The van der Waals surface area contributed by atoms with E-state index in [0.29, 0.717) is 5.56 Å². The summed E-state index contributed by atoms with van der Waals surface area (Å²) in [4.78, 5) is 11.4. The van der Waals surface area contributed by atoms with E-state index in [1.54, 1.807) is 18.3 Å². The van der Waals surface area contributed by atoms with Gasteiger partial charge in [0, 0.05) is 12.6 Å². The number of carbonyl (C=O) groups excluding carboxylic acids is 1. The Hall–Kier alpha value is -1.91. The molecule has 0 spiro atoms. The van der Waals surface area contributed by atoms with Crippen LogP contribution in [0, 0.1) is 0 Å². The van der Waals surface area contributed by atoms with Crippen LogP contribution in [-0.2, 0) is 11.2 Å². The molecule has 2 rings (SSSR count). The number of rotatable bonds is 4. The Morgan fingerprint density at radius 1 is 1.41 bits per heavy atom. The summed E-state index contributed by atoms with van der Waals surface area (Å²) in [5, 5.41) is 8.18. The first-order valence-corrected chi connectivity index (χ1v) is 5.68. The summed E-state index contributed by atoms with van der Waals surface area (Å²) in [7, 11) is 1.37. The lowest BCUT2D eigenvalue weighted by Crippen LogP contribution is -2.04. The first-order valence-electron chi connectivity index (χ1n) is 5.68. The van der Waals surface area contributed by atoms with Gasteiger partial charge < -0.3 is 4.74 Å². The number of pyridine rings is 1. The molecule has 0 atom stereocenters. The Morgan fingerprint density at radius 3 is 2.94 bits per heavy atom. The van der Waals surface area contributed by atoms with Crippen LogP contribution >= 0.6 is 0 Å². The van der Waals surface area contributed by atoms with E-state index in [-0.39, 0.29) is 5.97 Å². The number of hydrogen-bond donors (Lipinski definition) is 0. The number of aromatic nitrogens is 3. The second-order valence-electron chi connectivity index (χ2n) is 3.86. The van der Waals surface area contributed by atoms with Gasteiger partial charge in [-0.2, -0.15) is 0 Å². The number of ether oxygens (including phenoxy) is 1. The van der Waals surface area contributed by atoms with Crippen LogP contribution in [0.1, 0.15) is 35.9 Å². The average molecular weight is 233 g/mol. The minimum absolute atomic E-state index is 0.345. The zero-order chi connectivity index (χ0) is 12.3. The summed E-state index contributed by atoms with van der Waals surface area (Å²) in [6.45, 7) is 2.13. The Bertz CT molecular complexity index is 534. The summed E-state index contributed by atoms with van der Waals surface area (Å²) in [5.41, 5.74) is 1.27. The molecule has 0 fully saturated rings. The number of nitrogens with zero attached hydrogens (tertiary/aromatic N) is 3. The maximum atomic E-state index is 11.4. The van der Waals surface area contributed by atoms with Gasteiger partial charge in [-0.25, -0.2) is 4.79 Å². The highest BCUT2D eigenvalue weighted by atomic mass is 16.5. The highest BCUT2D eigenvalue weighted by molar-refractivity contribution is 5.89. The molecule has 0 bridgehead atoms. The third-order valence-corrected chi connectivity index (χ3v) is 2.65. The van der Waals surface area contributed by atoms with Crippen molar-refractivity contribution >= 4 is 11.6 Å². The van der Waals surface area contributed by atoms with Crippen LogP contribution < -0.4 is 0 Å². The highest BCUT2D eigenvalue weighted by Crippen LogP contribution is 2.10. The topological polar surface area (TPSA) is 56.5 Å². The zero-order valence-electron chi connectivity index (χ0n) is 10.0. The second-order valence-corrected chi connectivity index (χ2v) is 3.86. The lowest BCUT2D eigenvalue weighted by molar-refractivity contribution is 0.0600. The SMILES string of the molecule is CCCCc1nnc2ccc(C(=O)OC)cn12. The number of carbonyl (C=O) groups is 1. The molecule has 0 N–H and O–H groups in total. The molecule has 0 saturated carbocycles. The van der Waals surface area contributed by atoms with E-state index in [9.17, 15) is 4.79 Å². The number of unbranched alkanes of at least 4 members (excludes halogenated alkanes) is 1. The quantitative estimate of drug-likeness (QED) is 0.756. The van der Waals surface area contributed by atoms with Gasteiger partial charge in [-0.1, -0.05) is 13.3 Å². The number of hydrogen-bond acceptors (Lipinski definition) is 4. The summed E-state index contributed by atoms with van der Waals surface area (Å²) < 4.78 is 6.54. The molecule has 0 aliphatic rings. The number of esters is 1. The standard InChI is InChI=1S/C12H15N3O2/c1-3-4-5-10-13-14-11-7-6-9(8-15(10)11)12(16)17-2/h6-8H,3-5H2,1-2H3. The minimum atomic E-state index is -0.345. The van der Waals surface area contributed by atoms with Crippen LogP contribution in [0.15, 0.2) is 18.3 Å². The number of fused-ring (bicyclic) bond motifs is 1. The van der Waals surface area contributed by atoms with Gasteiger partial charge >= 0.3 is 5.97 Å². The van der Waals surface area contributed by atoms with Crippen molar-refractivity contribution in [1.82, 2.24) is 14.6 Å². The molecule has 0 saturated heterocycles. The van der Waals surface area contributed by atoms with Gasteiger partial charge in [0.25, 0.3) is 0 Å². The first kappa shape index (κ1) is 11.6. The smallest absolute Gasteiger partial charge is 0.339 e. The molecule has 0 unspecified atom stereocenters. The van der Waals surface area contributed by atoms with E-state index in [1.807, 2.05) is 4.40 Å². The summed E-state index contributed by atoms with van der Waals surface area (Å²) in [5.74, 6) is 0.537. The predicted octanol–water partition coefficient (Wildman–Crippen LogP) is 1.86. The summed E-state index contributed by atoms with van der Waals surface area (Å²) >= 11 is 0. The molecule has 0 radical (unpaired) electrons. The van der Waals surface area contributed by atoms with E-state index in [1.165, 1.54) is 7.11 Å². The van der Waals surface area contributed by atoms with E-state index in [4.69, 9.17) is 0 Å². The Kier molecular flexibility index (Phi) is 3.37. The molecule has 5 heteroatoms. The fourth-order valence-electron chi connectivity index (χ4n) is 1.68. The maximum Gasteiger partial charge on any atom is 0.339 e. The lowest BCUT2D eigenvalue weighted by atomic mass is 10.2. The molecule has 17 heavy (non-hydrogen) atoms. The van der Waals surface area contributed by atoms with Crippen molar-refractivity contribution in [3.63, 3.8) is 0 Å². The molecular weight excluding hydrogens is 218 g/mol. The molecule has 90 valence electrons. The minimum Gasteiger partial charge on any atom is -0.465 e. The molecule has 2 aromatic rings. The molecule has 5 nitrogen and oxygen atoms in total. The van der Waals surface area contributed by atoms with Gasteiger partial charge in [0.05, 0.1) is 12.7 Å². The second kappa shape index (κ2) is 4.95. The molecular formula is C12H15N3O2. The van der Waals surface area contributed by atoms with Gasteiger partial charge in [0.2, 0.25) is 0 Å². The van der Waals surface area contributed by atoms with Gasteiger partial charge in [-0.05, 0) is 18.6 Å². The van der Waals surface area contributed by atoms with Crippen molar-refractivity contribution in [1.29, 1.82) is 0 Å². The summed E-state index contributed by atoms with van der Waals surface area (Å²) in [6.07, 6.45) is 4.75. The Balaban J connectivity index is 2.39. The van der Waals surface area contributed by atoms with E-state index >= 15 is 0 Å². The normalized spacial score (nSPS) is 10.7. The van der Waals surface area contributed by atoms with Crippen molar-refractivity contribution in [2.45, 2.75) is 26.2 Å². The Morgan fingerprint density at radius 2 is 2.24 bits per heavy atom. The van der Waals surface area contributed by atoms with Crippen molar-refractivity contribution in [2.24, 2.45) is 0 Å². The van der Waals surface area contributed by atoms with E-state index < -0.39 is 0 Å². The highest BCUT2D eigenvalue weighted by Gasteiger charge is 2.09. The first-order chi connectivity index (χ1) is 8.26. The molecule has 0 aromatic carbocycles. The van der Waals surface area contributed by atoms with Crippen molar-refractivity contribution in [3.05, 3.63) is 29.7 Å². The lowest BCUT2D eigenvalue weighted by Gasteiger charge is -2.02. The third-order valence-electron chi connectivity index (χ3n) is 2.65. The Labute approximate surface area is 99.4 Å². The van der Waals surface area contributed by atoms with Gasteiger partial charge in [0.1, 0.15) is 5.82 Å². The van der Waals surface area contributed by atoms with Crippen molar-refractivity contribution in [3.8, 4) is 0 Å². The molecule has 0 aliphatic heterocycles. The fourth-order valence-corrected chi connectivity index (χ4v) is 1.68. The van der Waals surface area contributed by atoms with Gasteiger partial charge in [0.15, 0.2) is 5.65 Å². The maximum absolute atomic E-state index is 11.4. The van der Waals surface area contributed by atoms with E-state index in [2.05, 4.69) is 21.9 Å². The molecule has 0 aliphatic carbocycles. The number of aryl methyl sites for hydroxylation is 1. The molecule has 0 amide bonds. The van der Waals surface area contributed by atoms with Crippen molar-refractivity contribution < 1.29 is 9.53 Å². The van der Waals surface area contributed by atoms with Gasteiger partial charge in [-0.3, -0.25) is 4.40 Å². The molecule has 2 heterocycles. The van der Waals surface area contributed by atoms with Crippen molar-refractivity contribution in [2.75, 3.05) is 7.11 Å². The predicted molar refractivity (Wildman–Crippen MR) is 62.9 cm³/mol.